The topological polar surface area (TPSA) is 82.0 Å². The predicted molar refractivity (Wildman–Crippen MR) is 105 cm³/mol. The minimum atomic E-state index is -0.658. The number of carbonyl (C=O) groups excluding carboxylic acids is 2. The lowest BCUT2D eigenvalue weighted by atomic mass is 9.87. The lowest BCUT2D eigenvalue weighted by molar-refractivity contribution is -0.121. The van der Waals surface area contributed by atoms with Crippen molar-refractivity contribution in [1.82, 2.24) is 10.6 Å². The SMILES string of the molecule is N#CC1=C(SCC(=O)NCc2ccccc2)NC(=O)CC1c1ccccc1F. The summed E-state index contributed by atoms with van der Waals surface area (Å²) < 4.78 is 14.2. The Bertz CT molecular complexity index is 954. The van der Waals surface area contributed by atoms with Gasteiger partial charge in [-0.05, 0) is 17.2 Å². The number of halogens is 1. The molecule has 7 heteroatoms. The van der Waals surface area contributed by atoms with Crippen molar-refractivity contribution in [2.24, 2.45) is 0 Å². The Morgan fingerprint density at radius 1 is 1.21 bits per heavy atom. The highest BCUT2D eigenvalue weighted by molar-refractivity contribution is 8.03. The number of amides is 2. The number of benzene rings is 2. The lowest BCUT2D eigenvalue weighted by Gasteiger charge is -2.25. The Morgan fingerprint density at radius 3 is 2.64 bits per heavy atom. The third-order valence-electron chi connectivity index (χ3n) is 4.32. The normalized spacial score (nSPS) is 16.3. The first-order valence-electron chi connectivity index (χ1n) is 8.70. The van der Waals surface area contributed by atoms with Gasteiger partial charge in [-0.3, -0.25) is 9.59 Å². The summed E-state index contributed by atoms with van der Waals surface area (Å²) in [7, 11) is 0. The molecule has 28 heavy (non-hydrogen) atoms. The number of hydrogen-bond donors (Lipinski definition) is 2. The molecular formula is C21H18FN3O2S. The molecule has 2 N–H and O–H groups in total. The number of nitrogens with zero attached hydrogens (tertiary/aromatic N) is 1. The van der Waals surface area contributed by atoms with E-state index < -0.39 is 11.7 Å². The van der Waals surface area contributed by atoms with Crippen LogP contribution in [0, 0.1) is 17.1 Å². The van der Waals surface area contributed by atoms with E-state index in [1.165, 1.54) is 6.07 Å². The Labute approximate surface area is 166 Å². The molecule has 1 aliphatic heterocycles. The van der Waals surface area contributed by atoms with Crippen molar-refractivity contribution in [3.05, 3.63) is 82.1 Å². The lowest BCUT2D eigenvalue weighted by Crippen LogP contribution is -2.32. The zero-order chi connectivity index (χ0) is 19.9. The van der Waals surface area contributed by atoms with Gasteiger partial charge in [-0.1, -0.05) is 60.3 Å². The summed E-state index contributed by atoms with van der Waals surface area (Å²) in [5, 5.41) is 15.3. The van der Waals surface area contributed by atoms with Gasteiger partial charge < -0.3 is 10.6 Å². The molecular weight excluding hydrogens is 377 g/mol. The van der Waals surface area contributed by atoms with E-state index in [9.17, 15) is 19.2 Å². The molecule has 2 amide bonds. The molecule has 0 spiro atoms. The van der Waals surface area contributed by atoms with Gasteiger partial charge in [0.05, 0.1) is 22.4 Å². The monoisotopic (exact) mass is 395 g/mol. The second kappa shape index (κ2) is 9.20. The van der Waals surface area contributed by atoms with Gasteiger partial charge in [0, 0.05) is 18.9 Å². The van der Waals surface area contributed by atoms with Crippen LogP contribution in [-0.2, 0) is 16.1 Å². The second-order valence-corrected chi connectivity index (χ2v) is 7.22. The summed E-state index contributed by atoms with van der Waals surface area (Å²) >= 11 is 1.07. The number of nitrogens with one attached hydrogen (secondary N) is 2. The second-order valence-electron chi connectivity index (χ2n) is 6.23. The molecule has 1 aliphatic rings. The molecule has 0 fully saturated rings. The van der Waals surface area contributed by atoms with Gasteiger partial charge in [-0.25, -0.2) is 4.39 Å². The third kappa shape index (κ3) is 4.78. The van der Waals surface area contributed by atoms with Crippen LogP contribution in [0.15, 0.2) is 65.2 Å². The van der Waals surface area contributed by atoms with Crippen LogP contribution in [-0.4, -0.2) is 17.6 Å². The summed E-state index contributed by atoms with van der Waals surface area (Å²) in [5.41, 5.74) is 1.55. The van der Waals surface area contributed by atoms with Crippen LogP contribution in [0.25, 0.3) is 0 Å². The molecule has 2 aromatic carbocycles. The first-order chi connectivity index (χ1) is 13.6. The first kappa shape index (κ1) is 19.6. The molecule has 1 atom stereocenters. The van der Waals surface area contributed by atoms with E-state index >= 15 is 0 Å². The maximum atomic E-state index is 14.2. The Balaban J connectivity index is 1.70. The quantitative estimate of drug-likeness (QED) is 0.787. The molecule has 3 rings (SSSR count). The van der Waals surface area contributed by atoms with Crippen molar-refractivity contribution >= 4 is 23.6 Å². The van der Waals surface area contributed by atoms with Crippen LogP contribution in [0.2, 0.25) is 0 Å². The van der Waals surface area contributed by atoms with Crippen molar-refractivity contribution < 1.29 is 14.0 Å². The highest BCUT2D eigenvalue weighted by Crippen LogP contribution is 2.36. The molecule has 0 bridgehead atoms. The number of rotatable bonds is 6. The minimum Gasteiger partial charge on any atom is -0.351 e. The van der Waals surface area contributed by atoms with Gasteiger partial charge >= 0.3 is 0 Å². The summed E-state index contributed by atoms with van der Waals surface area (Å²) in [5.74, 6) is -1.60. The van der Waals surface area contributed by atoms with Crippen molar-refractivity contribution in [3.8, 4) is 6.07 Å². The van der Waals surface area contributed by atoms with Crippen LogP contribution >= 0.6 is 11.8 Å². The number of thioether (sulfide) groups is 1. The number of nitriles is 1. The van der Waals surface area contributed by atoms with Crippen LogP contribution in [0.3, 0.4) is 0 Å². The highest BCUT2D eigenvalue weighted by Gasteiger charge is 2.31. The van der Waals surface area contributed by atoms with Crippen molar-refractivity contribution in [1.29, 1.82) is 5.26 Å². The molecule has 142 valence electrons. The summed E-state index contributed by atoms with van der Waals surface area (Å²) in [4.78, 5) is 24.2. The average Bonchev–Trinajstić information content (AvgIpc) is 2.71. The smallest absolute Gasteiger partial charge is 0.230 e. The van der Waals surface area contributed by atoms with Gasteiger partial charge in [-0.15, -0.1) is 0 Å². The van der Waals surface area contributed by atoms with Crippen LogP contribution in [0.1, 0.15) is 23.5 Å². The van der Waals surface area contributed by atoms with E-state index in [4.69, 9.17) is 0 Å². The van der Waals surface area contributed by atoms with Gasteiger partial charge in [0.15, 0.2) is 0 Å². The average molecular weight is 395 g/mol. The van der Waals surface area contributed by atoms with Gasteiger partial charge in [0.1, 0.15) is 5.82 Å². The van der Waals surface area contributed by atoms with E-state index in [0.717, 1.165) is 17.3 Å². The zero-order valence-corrected chi connectivity index (χ0v) is 15.8. The number of allylic oxidation sites excluding steroid dienone is 1. The van der Waals surface area contributed by atoms with Crippen molar-refractivity contribution in [2.45, 2.75) is 18.9 Å². The van der Waals surface area contributed by atoms with E-state index in [1.54, 1.807) is 18.2 Å². The number of hydrogen-bond acceptors (Lipinski definition) is 4. The first-order valence-corrected chi connectivity index (χ1v) is 9.69. The fourth-order valence-electron chi connectivity index (χ4n) is 2.94. The van der Waals surface area contributed by atoms with Crippen LogP contribution in [0.4, 0.5) is 4.39 Å². The molecule has 0 aliphatic carbocycles. The number of carbonyl (C=O) groups is 2. The van der Waals surface area contributed by atoms with Gasteiger partial charge in [0.25, 0.3) is 0 Å². The van der Waals surface area contributed by atoms with E-state index in [1.807, 2.05) is 30.3 Å². The van der Waals surface area contributed by atoms with Crippen molar-refractivity contribution in [2.75, 3.05) is 5.75 Å². The molecule has 0 radical (unpaired) electrons. The maximum Gasteiger partial charge on any atom is 0.230 e. The van der Waals surface area contributed by atoms with Crippen molar-refractivity contribution in [3.63, 3.8) is 0 Å². The minimum absolute atomic E-state index is 0.00586. The van der Waals surface area contributed by atoms with Gasteiger partial charge in [-0.2, -0.15) is 5.26 Å². The zero-order valence-electron chi connectivity index (χ0n) is 14.9. The highest BCUT2D eigenvalue weighted by atomic mass is 32.2. The molecule has 0 aromatic heterocycles. The maximum absolute atomic E-state index is 14.2. The van der Waals surface area contributed by atoms with Crippen LogP contribution < -0.4 is 10.6 Å². The fourth-order valence-corrected chi connectivity index (χ4v) is 3.85. The summed E-state index contributed by atoms with van der Waals surface area (Å²) in [6.07, 6.45) is -0.00586. The summed E-state index contributed by atoms with van der Waals surface area (Å²) in [6, 6.07) is 17.7. The Hall–Kier alpha value is -3.11. The van der Waals surface area contributed by atoms with Gasteiger partial charge in [0.2, 0.25) is 11.8 Å². The molecule has 2 aromatic rings. The van der Waals surface area contributed by atoms with Crippen LogP contribution in [0.5, 0.6) is 0 Å². The van der Waals surface area contributed by atoms with E-state index in [-0.39, 0.29) is 29.6 Å². The molecule has 5 nitrogen and oxygen atoms in total. The Kier molecular flexibility index (Phi) is 6.45. The standard InChI is InChI=1S/C21H18FN3O2S/c22-18-9-5-4-8-15(18)16-10-19(26)25-21(17(16)11-23)28-13-20(27)24-12-14-6-2-1-3-7-14/h1-9,16H,10,12-13H2,(H,24,27)(H,25,26). The largest absolute Gasteiger partial charge is 0.351 e. The molecule has 0 saturated carbocycles. The molecule has 1 heterocycles. The third-order valence-corrected chi connectivity index (χ3v) is 5.33. The Morgan fingerprint density at radius 2 is 1.93 bits per heavy atom. The fraction of sp³-hybridized carbons (Fsp3) is 0.190. The molecule has 1 unspecified atom stereocenters. The predicted octanol–water partition coefficient (Wildman–Crippen LogP) is 3.21. The van der Waals surface area contributed by atoms with E-state index in [2.05, 4.69) is 16.7 Å². The van der Waals surface area contributed by atoms with E-state index in [0.29, 0.717) is 17.1 Å². The summed E-state index contributed by atoms with van der Waals surface area (Å²) in [6.45, 7) is 0.397. The molecule has 0 saturated heterocycles.